The van der Waals surface area contributed by atoms with E-state index in [9.17, 15) is 23.6 Å². The van der Waals surface area contributed by atoms with Crippen molar-refractivity contribution in [1.82, 2.24) is 9.80 Å². The van der Waals surface area contributed by atoms with Gasteiger partial charge in [0.05, 0.1) is 10.7 Å². The van der Waals surface area contributed by atoms with Gasteiger partial charge in [-0.05, 0) is 62.1 Å². The highest BCUT2D eigenvalue weighted by atomic mass is 35.5. The zero-order valence-electron chi connectivity index (χ0n) is 15.9. The Morgan fingerprint density at radius 3 is 2.62 bits per heavy atom. The van der Waals surface area contributed by atoms with Gasteiger partial charge in [0.1, 0.15) is 12.4 Å². The van der Waals surface area contributed by atoms with Gasteiger partial charge in [-0.2, -0.15) is 0 Å². The Labute approximate surface area is 172 Å². The third-order valence-electron chi connectivity index (χ3n) is 6.41. The third-order valence-corrected chi connectivity index (χ3v) is 6.72. The molecule has 1 heterocycles. The van der Waals surface area contributed by atoms with Crippen molar-refractivity contribution in [2.45, 2.75) is 38.6 Å². The second-order valence-corrected chi connectivity index (χ2v) is 8.51. The quantitative estimate of drug-likeness (QED) is 0.584. The summed E-state index contributed by atoms with van der Waals surface area (Å²) in [5.41, 5.74) is 0.149. The summed E-state index contributed by atoms with van der Waals surface area (Å²) in [6.07, 6.45) is 4.35. The number of halogens is 2. The first-order valence-corrected chi connectivity index (χ1v) is 10.1. The predicted octanol–water partition coefficient (Wildman–Crippen LogP) is 3.03. The van der Waals surface area contributed by atoms with Gasteiger partial charge in [0.15, 0.2) is 0 Å². The number of carbonyl (C=O) groups is 4. The fraction of sp³-hybridized carbons (Fsp3) is 0.500. The fourth-order valence-electron chi connectivity index (χ4n) is 5.02. The van der Waals surface area contributed by atoms with E-state index in [0.717, 1.165) is 36.3 Å². The van der Waals surface area contributed by atoms with Crippen LogP contribution in [0.5, 0.6) is 0 Å². The summed E-state index contributed by atoms with van der Waals surface area (Å²) < 4.78 is 13.1. The molecule has 0 unspecified atom stereocenters. The molecule has 1 aliphatic heterocycles. The maximum Gasteiger partial charge on any atom is 0.334 e. The van der Waals surface area contributed by atoms with Crippen LogP contribution >= 0.6 is 11.6 Å². The molecule has 1 aromatic carbocycles. The van der Waals surface area contributed by atoms with Crippen molar-refractivity contribution in [1.29, 1.82) is 0 Å². The van der Waals surface area contributed by atoms with Gasteiger partial charge in [-0.25, -0.2) is 14.1 Å². The van der Waals surface area contributed by atoms with Crippen LogP contribution in [0.4, 0.5) is 14.9 Å². The Balaban J connectivity index is 1.44. The molecular weight excluding hydrogens is 401 g/mol. The highest BCUT2D eigenvalue weighted by Gasteiger charge is 2.52. The summed E-state index contributed by atoms with van der Waals surface area (Å²) in [4.78, 5) is 51.6. The van der Waals surface area contributed by atoms with E-state index in [-0.39, 0.29) is 22.7 Å². The highest BCUT2D eigenvalue weighted by Crippen LogP contribution is 2.50. The van der Waals surface area contributed by atoms with Crippen LogP contribution in [-0.4, -0.2) is 46.1 Å². The summed E-state index contributed by atoms with van der Waals surface area (Å²) in [6.45, 7) is 1.19. The van der Waals surface area contributed by atoms with Gasteiger partial charge in [0.25, 0.3) is 0 Å². The second-order valence-electron chi connectivity index (χ2n) is 8.10. The van der Waals surface area contributed by atoms with Crippen molar-refractivity contribution in [2.24, 2.45) is 17.8 Å². The first-order chi connectivity index (χ1) is 13.8. The Bertz CT molecular complexity index is 908. The summed E-state index contributed by atoms with van der Waals surface area (Å²) in [7, 11) is 0. The van der Waals surface area contributed by atoms with Gasteiger partial charge in [-0.1, -0.05) is 18.0 Å². The Morgan fingerprint density at radius 1 is 1.24 bits per heavy atom. The zero-order valence-corrected chi connectivity index (χ0v) is 16.6. The number of carbonyl (C=O) groups excluding carboxylic acids is 4. The molecule has 2 saturated carbocycles. The number of benzene rings is 1. The first-order valence-electron chi connectivity index (χ1n) is 9.70. The van der Waals surface area contributed by atoms with E-state index in [1.165, 1.54) is 12.5 Å². The van der Waals surface area contributed by atoms with Crippen molar-refractivity contribution in [3.8, 4) is 0 Å². The molecule has 1 N–H and O–H groups in total. The van der Waals surface area contributed by atoms with Crippen LogP contribution in [0.3, 0.4) is 0 Å². The van der Waals surface area contributed by atoms with Crippen LogP contribution in [0, 0.1) is 23.6 Å². The smallest absolute Gasteiger partial charge is 0.323 e. The van der Waals surface area contributed by atoms with Crippen LogP contribution in [0.25, 0.3) is 0 Å². The van der Waals surface area contributed by atoms with E-state index >= 15 is 0 Å². The molecule has 154 valence electrons. The van der Waals surface area contributed by atoms with E-state index in [1.807, 2.05) is 0 Å². The Hall–Kier alpha value is -2.48. The second kappa shape index (κ2) is 7.40. The van der Waals surface area contributed by atoms with Crippen LogP contribution in [0.1, 0.15) is 32.6 Å². The molecule has 5 amide bonds. The number of imide groups is 2. The van der Waals surface area contributed by atoms with E-state index < -0.39 is 36.1 Å². The van der Waals surface area contributed by atoms with Gasteiger partial charge >= 0.3 is 17.8 Å². The monoisotopic (exact) mass is 421 g/mol. The number of hydrogen-bond acceptors (Lipinski definition) is 4. The average molecular weight is 422 g/mol. The van der Waals surface area contributed by atoms with E-state index in [4.69, 9.17) is 11.6 Å². The van der Waals surface area contributed by atoms with Crippen molar-refractivity contribution in [3.05, 3.63) is 29.0 Å². The van der Waals surface area contributed by atoms with E-state index in [1.54, 1.807) is 6.92 Å². The first kappa shape index (κ1) is 19.8. The molecule has 0 radical (unpaired) electrons. The van der Waals surface area contributed by atoms with Gasteiger partial charge in [-0.3, -0.25) is 19.3 Å². The molecular formula is C20H21ClFN3O4. The minimum Gasteiger partial charge on any atom is -0.323 e. The van der Waals surface area contributed by atoms with Crippen LogP contribution in [0.15, 0.2) is 18.2 Å². The number of hydrogen-bond donors (Lipinski definition) is 1. The molecule has 29 heavy (non-hydrogen) atoms. The van der Waals surface area contributed by atoms with Crippen LogP contribution < -0.4 is 5.32 Å². The molecule has 0 spiro atoms. The summed E-state index contributed by atoms with van der Waals surface area (Å²) in [5.74, 6) is -1.86. The number of nitrogens with zero attached hydrogens (tertiary/aromatic N) is 2. The molecule has 0 aromatic heterocycles. The number of anilines is 1. The Kier molecular flexibility index (Phi) is 5.06. The minimum atomic E-state index is -1.01. The lowest BCUT2D eigenvalue weighted by Gasteiger charge is -2.32. The van der Waals surface area contributed by atoms with Gasteiger partial charge < -0.3 is 5.32 Å². The van der Waals surface area contributed by atoms with Crippen molar-refractivity contribution < 1.29 is 23.6 Å². The van der Waals surface area contributed by atoms with Gasteiger partial charge in [0, 0.05) is 6.04 Å². The number of amides is 5. The summed E-state index contributed by atoms with van der Waals surface area (Å²) >= 11 is 5.87. The topological polar surface area (TPSA) is 86.8 Å². The number of urea groups is 1. The lowest BCUT2D eigenvalue weighted by molar-refractivity contribution is -0.144. The van der Waals surface area contributed by atoms with E-state index in [2.05, 4.69) is 5.32 Å². The predicted molar refractivity (Wildman–Crippen MR) is 102 cm³/mol. The molecule has 4 rings (SSSR count). The van der Waals surface area contributed by atoms with Gasteiger partial charge in [0.2, 0.25) is 5.91 Å². The van der Waals surface area contributed by atoms with Crippen molar-refractivity contribution in [3.63, 3.8) is 0 Å². The maximum atomic E-state index is 13.1. The van der Waals surface area contributed by atoms with Crippen molar-refractivity contribution in [2.75, 3.05) is 11.9 Å². The third kappa shape index (κ3) is 3.50. The van der Waals surface area contributed by atoms with Crippen molar-refractivity contribution >= 4 is 41.0 Å². The molecule has 7 nitrogen and oxygen atoms in total. The zero-order chi connectivity index (χ0) is 20.9. The molecule has 2 bridgehead atoms. The van der Waals surface area contributed by atoms with Gasteiger partial charge in [-0.15, -0.1) is 0 Å². The number of nitrogens with one attached hydrogen (secondary N) is 1. The molecule has 1 aromatic rings. The average Bonchev–Trinajstić information content (AvgIpc) is 3.35. The van der Waals surface area contributed by atoms with E-state index in [0.29, 0.717) is 16.7 Å². The number of fused-ring (bicyclic) bond motifs is 2. The molecule has 3 aliphatic rings. The fourth-order valence-corrected chi connectivity index (χ4v) is 5.24. The maximum absolute atomic E-state index is 13.1. The Morgan fingerprint density at radius 2 is 2.00 bits per heavy atom. The minimum absolute atomic E-state index is 0.0139. The molecule has 4 atom stereocenters. The number of rotatable bonds is 5. The van der Waals surface area contributed by atoms with Crippen LogP contribution in [-0.2, 0) is 14.4 Å². The van der Waals surface area contributed by atoms with Crippen LogP contribution in [0.2, 0.25) is 5.02 Å². The molecule has 2 aliphatic carbocycles. The summed E-state index contributed by atoms with van der Waals surface area (Å²) in [6, 6.07) is 2.28. The summed E-state index contributed by atoms with van der Waals surface area (Å²) in [5, 5.41) is 2.41. The molecule has 3 fully saturated rings. The SMILES string of the molecule is C[C@H]([C@@H]1C[C@H]2CC[C@H]1C2)N1C(=O)C(=O)N(CC(=O)Nc2ccc(F)cc2Cl)C1=O. The molecule has 9 heteroatoms. The normalized spacial score (nSPS) is 27.1. The highest BCUT2D eigenvalue weighted by molar-refractivity contribution is 6.45. The lowest BCUT2D eigenvalue weighted by Crippen LogP contribution is -2.45. The standard InChI is InChI=1S/C20H21ClFN3O4/c1-10(14-7-11-2-3-12(14)6-11)25-19(28)18(27)24(20(25)29)9-17(26)23-16-5-4-13(22)8-15(16)21/h4-5,8,10-12,14H,2-3,6-7,9H2,1H3,(H,23,26)/t10-,11+,12+,14+/m1/s1. The largest absolute Gasteiger partial charge is 0.334 e. The lowest BCUT2D eigenvalue weighted by atomic mass is 9.83. The molecule has 1 saturated heterocycles.